The van der Waals surface area contributed by atoms with Crippen LogP contribution in [0.1, 0.15) is 19.8 Å². The molecule has 1 saturated heterocycles. The third-order valence-electron chi connectivity index (χ3n) is 3.68. The Hall–Kier alpha value is -0.740. The molecule has 0 amide bonds. The summed E-state index contributed by atoms with van der Waals surface area (Å²) < 4.78 is 63.7. The van der Waals surface area contributed by atoms with E-state index in [0.29, 0.717) is 6.42 Å². The number of hydrogen-bond acceptors (Lipinski definition) is 5. The van der Waals surface area contributed by atoms with Crippen LogP contribution in [0.2, 0.25) is 0 Å². The largest absolute Gasteiger partial charge is 0.313 e. The molecule has 2 N–H and O–H groups in total. The Labute approximate surface area is 142 Å². The minimum atomic E-state index is -3.90. The van der Waals surface area contributed by atoms with Gasteiger partial charge in [0.25, 0.3) is 0 Å². The molecular weight excluding hydrogens is 367 g/mol. The Morgan fingerprint density at radius 1 is 1.26 bits per heavy atom. The van der Waals surface area contributed by atoms with E-state index in [0.717, 1.165) is 37.4 Å². The summed E-state index contributed by atoms with van der Waals surface area (Å²) in [6.45, 7) is 2.71. The molecule has 2 atom stereocenters. The summed E-state index contributed by atoms with van der Waals surface area (Å²) in [5.41, 5.74) is 0. The quantitative estimate of drug-likeness (QED) is 0.807. The number of piperidine rings is 1. The highest BCUT2D eigenvalue weighted by atomic mass is 35.5. The average molecular weight is 387 g/mol. The molecule has 0 saturated carbocycles. The van der Waals surface area contributed by atoms with E-state index in [1.54, 1.807) is 0 Å². The smallest absolute Gasteiger partial charge is 0.240 e. The second-order valence-electron chi connectivity index (χ2n) is 5.48. The van der Waals surface area contributed by atoms with Gasteiger partial charge in [0.15, 0.2) is 9.84 Å². The standard InChI is InChI=1S/C13H19FN2O4S2.ClH/c1-9-12(4-3-7-15-9)16-22(19,20)10-5-6-13(11(14)8-10)21(2,17)18;/h5-6,8-9,12,15-16H,3-4,7H2,1-2H3;1H. The van der Waals surface area contributed by atoms with Crippen molar-refractivity contribution in [1.29, 1.82) is 0 Å². The first kappa shape index (κ1) is 20.3. The van der Waals surface area contributed by atoms with E-state index >= 15 is 0 Å². The lowest BCUT2D eigenvalue weighted by Gasteiger charge is -2.30. The lowest BCUT2D eigenvalue weighted by Crippen LogP contribution is -2.51. The molecule has 0 spiro atoms. The van der Waals surface area contributed by atoms with Crippen LogP contribution in [0.3, 0.4) is 0 Å². The molecular formula is C13H20ClFN2O4S2. The number of sulfone groups is 1. The van der Waals surface area contributed by atoms with Crippen LogP contribution in [0.25, 0.3) is 0 Å². The monoisotopic (exact) mass is 386 g/mol. The summed E-state index contributed by atoms with van der Waals surface area (Å²) in [6.07, 6.45) is 2.41. The van der Waals surface area contributed by atoms with Crippen molar-refractivity contribution in [2.45, 2.75) is 41.6 Å². The van der Waals surface area contributed by atoms with Crippen molar-refractivity contribution in [1.82, 2.24) is 10.0 Å². The highest BCUT2D eigenvalue weighted by Crippen LogP contribution is 2.20. The maximum absolute atomic E-state index is 13.8. The van der Waals surface area contributed by atoms with Crippen LogP contribution in [0.5, 0.6) is 0 Å². The summed E-state index contributed by atoms with van der Waals surface area (Å²) in [5, 5.41) is 3.17. The Kier molecular flexibility index (Phi) is 6.56. The number of benzene rings is 1. The van der Waals surface area contributed by atoms with Crippen molar-refractivity contribution in [3.63, 3.8) is 0 Å². The van der Waals surface area contributed by atoms with Crippen molar-refractivity contribution in [3.8, 4) is 0 Å². The molecule has 0 aliphatic carbocycles. The zero-order valence-corrected chi connectivity index (χ0v) is 15.2. The first-order chi connectivity index (χ1) is 10.1. The molecule has 1 aliphatic rings. The molecule has 23 heavy (non-hydrogen) atoms. The Balaban J connectivity index is 0.00000264. The van der Waals surface area contributed by atoms with Crippen molar-refractivity contribution in [2.24, 2.45) is 0 Å². The molecule has 1 aromatic rings. The van der Waals surface area contributed by atoms with Gasteiger partial charge in [-0.2, -0.15) is 0 Å². The zero-order chi connectivity index (χ0) is 16.5. The summed E-state index contributed by atoms with van der Waals surface area (Å²) in [6, 6.07) is 2.50. The molecule has 10 heteroatoms. The normalized spacial score (nSPS) is 22.4. The second-order valence-corrected chi connectivity index (χ2v) is 9.18. The first-order valence-electron chi connectivity index (χ1n) is 6.86. The van der Waals surface area contributed by atoms with Crippen LogP contribution < -0.4 is 10.0 Å². The number of halogens is 2. The molecule has 2 rings (SSSR count). The van der Waals surface area contributed by atoms with Crippen molar-refractivity contribution < 1.29 is 21.2 Å². The van der Waals surface area contributed by atoms with Gasteiger partial charge in [-0.05, 0) is 44.5 Å². The number of rotatable bonds is 4. The molecule has 1 fully saturated rings. The van der Waals surface area contributed by atoms with Gasteiger partial charge < -0.3 is 5.32 Å². The van der Waals surface area contributed by atoms with Crippen molar-refractivity contribution >= 4 is 32.3 Å². The molecule has 0 aromatic heterocycles. The highest BCUT2D eigenvalue weighted by molar-refractivity contribution is 7.90. The van der Waals surface area contributed by atoms with E-state index in [-0.39, 0.29) is 29.4 Å². The second kappa shape index (κ2) is 7.43. The van der Waals surface area contributed by atoms with Crippen molar-refractivity contribution in [2.75, 3.05) is 12.8 Å². The SMILES string of the molecule is CC1NCCCC1NS(=O)(=O)c1ccc(S(C)(=O)=O)c(F)c1.Cl. The lowest BCUT2D eigenvalue weighted by atomic mass is 10.0. The van der Waals surface area contributed by atoms with Gasteiger partial charge in [0.2, 0.25) is 10.0 Å². The predicted octanol–water partition coefficient (Wildman–Crippen LogP) is 1.07. The summed E-state index contributed by atoms with van der Waals surface area (Å²) >= 11 is 0. The molecule has 0 radical (unpaired) electrons. The summed E-state index contributed by atoms with van der Waals surface area (Å²) in [4.78, 5) is -0.797. The highest BCUT2D eigenvalue weighted by Gasteiger charge is 2.27. The van der Waals surface area contributed by atoms with Crippen LogP contribution in [-0.2, 0) is 19.9 Å². The maximum Gasteiger partial charge on any atom is 0.240 e. The predicted molar refractivity (Wildman–Crippen MR) is 87.6 cm³/mol. The van der Waals surface area contributed by atoms with Gasteiger partial charge in [-0.15, -0.1) is 12.4 Å². The third-order valence-corrected chi connectivity index (χ3v) is 6.30. The van der Waals surface area contributed by atoms with E-state index < -0.39 is 30.6 Å². The van der Waals surface area contributed by atoms with Gasteiger partial charge in [-0.1, -0.05) is 0 Å². The number of hydrogen-bond donors (Lipinski definition) is 2. The van der Waals surface area contributed by atoms with Crippen LogP contribution in [0, 0.1) is 5.82 Å². The van der Waals surface area contributed by atoms with E-state index in [1.807, 2.05) is 6.92 Å². The van der Waals surface area contributed by atoms with Gasteiger partial charge in [0.05, 0.1) is 4.90 Å². The van der Waals surface area contributed by atoms with E-state index in [4.69, 9.17) is 0 Å². The van der Waals surface area contributed by atoms with Gasteiger partial charge >= 0.3 is 0 Å². The minimum Gasteiger partial charge on any atom is -0.313 e. The molecule has 1 aliphatic heterocycles. The number of nitrogens with one attached hydrogen (secondary N) is 2. The molecule has 1 heterocycles. The van der Waals surface area contributed by atoms with E-state index in [2.05, 4.69) is 10.0 Å². The van der Waals surface area contributed by atoms with Crippen LogP contribution in [0.4, 0.5) is 4.39 Å². The fraction of sp³-hybridized carbons (Fsp3) is 0.538. The number of sulfonamides is 1. The summed E-state index contributed by atoms with van der Waals surface area (Å²) in [7, 11) is -7.63. The molecule has 0 bridgehead atoms. The Bertz CT molecular complexity index is 768. The van der Waals surface area contributed by atoms with Crippen LogP contribution >= 0.6 is 12.4 Å². The average Bonchev–Trinajstić information content (AvgIpc) is 2.39. The minimum absolute atomic E-state index is 0. The van der Waals surface area contributed by atoms with Crippen molar-refractivity contribution in [3.05, 3.63) is 24.0 Å². The molecule has 6 nitrogen and oxygen atoms in total. The summed E-state index contributed by atoms with van der Waals surface area (Å²) in [5.74, 6) is -1.07. The van der Waals surface area contributed by atoms with Gasteiger partial charge in [-0.3, -0.25) is 0 Å². The van der Waals surface area contributed by atoms with Gasteiger partial charge in [0.1, 0.15) is 10.7 Å². The van der Waals surface area contributed by atoms with Gasteiger partial charge in [-0.25, -0.2) is 25.9 Å². The molecule has 1 aromatic carbocycles. The van der Waals surface area contributed by atoms with Gasteiger partial charge in [0, 0.05) is 18.3 Å². The molecule has 132 valence electrons. The topological polar surface area (TPSA) is 92.3 Å². The third kappa shape index (κ3) is 4.87. The first-order valence-corrected chi connectivity index (χ1v) is 10.2. The Morgan fingerprint density at radius 2 is 1.91 bits per heavy atom. The van der Waals surface area contributed by atoms with Crippen LogP contribution in [0.15, 0.2) is 28.0 Å². The molecule has 2 unspecified atom stereocenters. The fourth-order valence-corrected chi connectivity index (χ4v) is 4.51. The zero-order valence-electron chi connectivity index (χ0n) is 12.7. The lowest BCUT2D eigenvalue weighted by molar-refractivity contribution is 0.348. The fourth-order valence-electron chi connectivity index (χ4n) is 2.42. The van der Waals surface area contributed by atoms with Crippen LogP contribution in [-0.4, -0.2) is 41.7 Å². The van der Waals surface area contributed by atoms with E-state index in [9.17, 15) is 21.2 Å². The van der Waals surface area contributed by atoms with E-state index in [1.165, 1.54) is 0 Å². The maximum atomic E-state index is 13.8. The Morgan fingerprint density at radius 3 is 2.43 bits per heavy atom.